The minimum atomic E-state index is -2.31. The van der Waals surface area contributed by atoms with Gasteiger partial charge >= 0.3 is 11.9 Å². The van der Waals surface area contributed by atoms with E-state index in [1.165, 1.54) is 34.8 Å². The largest absolute Gasteiger partial charge is 0.420 e. The number of hydrogen-bond acceptors (Lipinski definition) is 8. The lowest BCUT2D eigenvalue weighted by atomic mass is 10.1. The molecule has 14 heteroatoms. The van der Waals surface area contributed by atoms with Crippen molar-refractivity contribution in [3.05, 3.63) is 109 Å². The molecule has 40 heavy (non-hydrogen) atoms. The third-order valence-electron chi connectivity index (χ3n) is 5.19. The van der Waals surface area contributed by atoms with Gasteiger partial charge < -0.3 is 9.57 Å². The fraction of sp³-hybridized carbons (Fsp3) is 0.0769. The van der Waals surface area contributed by atoms with Crippen LogP contribution in [0.25, 0.3) is 0 Å². The van der Waals surface area contributed by atoms with Crippen molar-refractivity contribution in [2.24, 2.45) is 0 Å². The van der Waals surface area contributed by atoms with Crippen molar-refractivity contribution in [2.75, 3.05) is 0 Å². The number of ether oxygens (including phenoxy) is 1. The second-order valence-corrected chi connectivity index (χ2v) is 9.46. The van der Waals surface area contributed by atoms with Crippen LogP contribution in [0, 0.1) is 29.1 Å². The molecule has 0 aliphatic carbocycles. The van der Waals surface area contributed by atoms with E-state index in [0.717, 1.165) is 5.56 Å². The van der Waals surface area contributed by atoms with Crippen molar-refractivity contribution in [3.63, 3.8) is 0 Å². The average Bonchev–Trinajstić information content (AvgIpc) is 3.70. The number of esters is 1. The molecule has 7 nitrogen and oxygen atoms in total. The van der Waals surface area contributed by atoms with Gasteiger partial charge in [-0.05, 0) is 56.9 Å². The van der Waals surface area contributed by atoms with Crippen molar-refractivity contribution >= 4 is 46.4 Å². The summed E-state index contributed by atoms with van der Waals surface area (Å²) in [5, 5.41) is 7.41. The number of carbonyl (C=O) groups is 4. The van der Waals surface area contributed by atoms with Crippen molar-refractivity contribution in [2.45, 2.75) is 12.8 Å². The molecule has 2 amide bonds. The summed E-state index contributed by atoms with van der Waals surface area (Å²) < 4.78 is 69.3. The van der Waals surface area contributed by atoms with E-state index in [1.54, 1.807) is 35.0 Å². The molecule has 1 aliphatic heterocycles. The van der Waals surface area contributed by atoms with Gasteiger partial charge in [0.05, 0.1) is 24.0 Å². The van der Waals surface area contributed by atoms with E-state index in [1.807, 2.05) is 10.8 Å². The van der Waals surface area contributed by atoms with E-state index >= 15 is 0 Å². The van der Waals surface area contributed by atoms with Crippen molar-refractivity contribution < 1.29 is 50.7 Å². The summed E-state index contributed by atoms with van der Waals surface area (Å²) in [6.07, 6.45) is -0.320. The van der Waals surface area contributed by atoms with Crippen LogP contribution in [-0.4, -0.2) is 28.8 Å². The first kappa shape index (κ1) is 28.6. The highest BCUT2D eigenvalue weighted by Gasteiger charge is 2.38. The minimum Gasteiger partial charge on any atom is -0.420 e. The van der Waals surface area contributed by atoms with Gasteiger partial charge in [-0.3, -0.25) is 14.4 Å². The van der Waals surface area contributed by atoms with Crippen LogP contribution in [0.15, 0.2) is 57.9 Å². The van der Waals surface area contributed by atoms with Crippen LogP contribution in [-0.2, 0) is 27.3 Å². The number of imide groups is 1. The van der Waals surface area contributed by atoms with Crippen LogP contribution in [0.1, 0.15) is 31.8 Å². The lowest BCUT2D eigenvalue weighted by Crippen LogP contribution is -2.33. The first-order valence-electron chi connectivity index (χ1n) is 11.0. The van der Waals surface area contributed by atoms with Gasteiger partial charge in [0.1, 0.15) is 0 Å². The van der Waals surface area contributed by atoms with Crippen LogP contribution in [0.2, 0.25) is 0 Å². The molecule has 3 heterocycles. The molecule has 0 radical (unpaired) electrons. The molecule has 0 fully saturated rings. The normalized spacial score (nSPS) is 12.1. The molecule has 0 saturated carbocycles. The first-order chi connectivity index (χ1) is 19.1. The maximum atomic E-state index is 13.2. The van der Waals surface area contributed by atoms with E-state index in [4.69, 9.17) is 4.84 Å². The SMILES string of the molecule is O=C(Cc1ccsc1)ON1C(=O)c2ccccc2C1=O.O=C(Cc1ccsc1)Oc1c(F)c(F)c(F)c(F)c1F. The molecular weight excluding hydrogens is 581 g/mol. The van der Waals surface area contributed by atoms with Gasteiger partial charge in [-0.1, -0.05) is 17.2 Å². The maximum absolute atomic E-state index is 13.2. The molecule has 0 bridgehead atoms. The fourth-order valence-electron chi connectivity index (χ4n) is 3.33. The Labute approximate surface area is 229 Å². The van der Waals surface area contributed by atoms with Crippen LogP contribution >= 0.6 is 22.7 Å². The molecular formula is C26H14F5NO6S2. The van der Waals surface area contributed by atoms with Crippen LogP contribution in [0.5, 0.6) is 5.75 Å². The van der Waals surface area contributed by atoms with Gasteiger partial charge in [0, 0.05) is 0 Å². The number of hydrogen-bond donors (Lipinski definition) is 0. The highest BCUT2D eigenvalue weighted by molar-refractivity contribution is 7.08. The molecule has 2 aromatic heterocycles. The van der Waals surface area contributed by atoms with E-state index in [2.05, 4.69) is 4.74 Å². The second-order valence-electron chi connectivity index (χ2n) is 7.90. The average molecular weight is 596 g/mol. The summed E-state index contributed by atoms with van der Waals surface area (Å²) >= 11 is 2.74. The van der Waals surface area contributed by atoms with E-state index in [0.29, 0.717) is 10.6 Å². The quantitative estimate of drug-likeness (QED) is 0.0717. The highest BCUT2D eigenvalue weighted by atomic mass is 32.1. The zero-order valence-electron chi connectivity index (χ0n) is 19.8. The summed E-state index contributed by atoms with van der Waals surface area (Å²) in [4.78, 5) is 52.0. The highest BCUT2D eigenvalue weighted by Crippen LogP contribution is 2.29. The number of halogens is 5. The summed E-state index contributed by atoms with van der Waals surface area (Å²) in [5.41, 5.74) is 1.79. The van der Waals surface area contributed by atoms with Crippen LogP contribution in [0.3, 0.4) is 0 Å². The third kappa shape index (κ3) is 6.07. The predicted molar refractivity (Wildman–Crippen MR) is 131 cm³/mol. The van der Waals surface area contributed by atoms with Gasteiger partial charge in [0.2, 0.25) is 34.8 Å². The topological polar surface area (TPSA) is 90.0 Å². The molecule has 0 unspecified atom stereocenters. The maximum Gasteiger partial charge on any atom is 0.337 e. The Balaban J connectivity index is 0.000000185. The number of rotatable bonds is 6. The van der Waals surface area contributed by atoms with Gasteiger partial charge in [-0.25, -0.2) is 18.0 Å². The summed E-state index contributed by atoms with van der Waals surface area (Å²) in [6.45, 7) is 0. The second kappa shape index (κ2) is 12.2. The molecule has 0 atom stereocenters. The molecule has 0 saturated heterocycles. The number of carbonyl (C=O) groups excluding carboxylic acids is 4. The molecule has 2 aromatic carbocycles. The Morgan fingerprint density at radius 2 is 1.12 bits per heavy atom. The summed E-state index contributed by atoms with van der Waals surface area (Å²) in [6, 6.07) is 9.71. The van der Waals surface area contributed by atoms with E-state index in [9.17, 15) is 41.1 Å². The fourth-order valence-corrected chi connectivity index (χ4v) is 4.67. The smallest absolute Gasteiger partial charge is 0.337 e. The van der Waals surface area contributed by atoms with E-state index in [-0.39, 0.29) is 24.0 Å². The Bertz CT molecular complexity index is 1530. The lowest BCUT2D eigenvalue weighted by Gasteiger charge is -2.12. The summed E-state index contributed by atoms with van der Waals surface area (Å²) in [7, 11) is 0. The predicted octanol–water partition coefficient (Wildman–Crippen LogP) is 5.64. The number of thiophene rings is 2. The lowest BCUT2D eigenvalue weighted by molar-refractivity contribution is -0.167. The Morgan fingerprint density at radius 1 is 0.675 bits per heavy atom. The number of fused-ring (bicyclic) bond motifs is 1. The first-order valence-corrected chi connectivity index (χ1v) is 12.9. The Kier molecular flexibility index (Phi) is 8.70. The molecule has 0 N–H and O–H groups in total. The molecule has 0 spiro atoms. The Morgan fingerprint density at radius 3 is 1.57 bits per heavy atom. The number of hydroxylamine groups is 2. The molecule has 1 aliphatic rings. The van der Waals surface area contributed by atoms with Gasteiger partial charge in [-0.15, -0.1) is 0 Å². The van der Waals surface area contributed by atoms with Crippen LogP contribution in [0.4, 0.5) is 22.0 Å². The summed E-state index contributed by atoms with van der Waals surface area (Å²) in [5.74, 6) is -15.6. The number of nitrogens with zero attached hydrogens (tertiary/aromatic N) is 1. The van der Waals surface area contributed by atoms with Crippen molar-refractivity contribution in [1.82, 2.24) is 5.06 Å². The van der Waals surface area contributed by atoms with Crippen molar-refractivity contribution in [3.8, 4) is 5.75 Å². The Hall–Kier alpha value is -4.43. The molecule has 4 aromatic rings. The zero-order chi connectivity index (χ0) is 29.0. The zero-order valence-corrected chi connectivity index (χ0v) is 21.4. The monoisotopic (exact) mass is 595 g/mol. The number of amides is 2. The minimum absolute atomic E-state index is 0.0247. The van der Waals surface area contributed by atoms with Crippen molar-refractivity contribution in [1.29, 1.82) is 0 Å². The van der Waals surface area contributed by atoms with Gasteiger partial charge in [-0.2, -0.15) is 31.5 Å². The molecule has 206 valence electrons. The number of benzene rings is 2. The third-order valence-corrected chi connectivity index (χ3v) is 6.66. The molecule has 5 rings (SSSR count). The van der Waals surface area contributed by atoms with Gasteiger partial charge in [0.15, 0.2) is 0 Å². The van der Waals surface area contributed by atoms with Gasteiger partial charge in [0.25, 0.3) is 11.8 Å². The van der Waals surface area contributed by atoms with Crippen LogP contribution < -0.4 is 4.74 Å². The van der Waals surface area contributed by atoms with E-state index < -0.39 is 58.6 Å². The standard InChI is InChI=1S/C14H9NO4S.C12H5F5O2S/c16-12(7-9-5-6-20-8-9)19-15-13(17)10-3-1-2-4-11(10)14(15)18;13-7-8(14)10(16)12(11(17)9(7)15)19-6(18)3-5-1-2-20-4-5/h1-6,8H,7H2;1-2,4H,3H2.